The van der Waals surface area contributed by atoms with Crippen LogP contribution in [0.5, 0.6) is 0 Å². The van der Waals surface area contributed by atoms with Crippen molar-refractivity contribution in [3.05, 3.63) is 0 Å². The van der Waals surface area contributed by atoms with E-state index in [2.05, 4.69) is 0 Å². The summed E-state index contributed by atoms with van der Waals surface area (Å²) in [5, 5.41) is 0. The van der Waals surface area contributed by atoms with Crippen molar-refractivity contribution in [1.29, 1.82) is 0 Å². The lowest BCUT2D eigenvalue weighted by atomic mass is 9.66. The molecule has 1 atom stereocenters. The Kier molecular flexibility index (Phi) is 5.74. The first-order chi connectivity index (χ1) is 4.83. The second-order valence-electron chi connectivity index (χ2n) is 2.43. The van der Waals surface area contributed by atoms with Crippen LogP contribution < -0.4 is 5.73 Å². The largest absolute Gasteiger partial charge is 0.438 e. The molecule has 1 aliphatic heterocycles. The summed E-state index contributed by atoms with van der Waals surface area (Å²) in [6, 6.07) is 0.403. The van der Waals surface area contributed by atoms with Gasteiger partial charge in [0.2, 0.25) is 0 Å². The molecular formula is C7H18BNO. The Morgan fingerprint density at radius 1 is 1.50 bits per heavy atom. The molecule has 60 valence electrons. The fraction of sp³-hybridized carbons (Fsp3) is 1.00. The lowest BCUT2D eigenvalue weighted by molar-refractivity contribution is 0.423. The van der Waals surface area contributed by atoms with E-state index < -0.39 is 0 Å². The Hall–Kier alpha value is -0.0151. The summed E-state index contributed by atoms with van der Waals surface area (Å²) in [6.45, 7) is 4.45. The molecule has 1 unspecified atom stereocenters. The maximum atomic E-state index is 5.62. The first-order valence-corrected chi connectivity index (χ1v) is 4.11. The molecule has 3 heteroatoms. The van der Waals surface area contributed by atoms with Crippen LogP contribution in [0.15, 0.2) is 0 Å². The molecule has 0 spiro atoms. The summed E-state index contributed by atoms with van der Waals surface area (Å²) in [6.07, 6.45) is 3.34. The summed E-state index contributed by atoms with van der Waals surface area (Å²) in [5.41, 5.74) is 5.62. The molecule has 1 rings (SSSR count). The van der Waals surface area contributed by atoms with Gasteiger partial charge in [-0.2, -0.15) is 0 Å². The molecule has 0 aliphatic carbocycles. The van der Waals surface area contributed by atoms with Crippen LogP contribution in [0.1, 0.15) is 20.3 Å². The quantitative estimate of drug-likeness (QED) is 0.562. The smallest absolute Gasteiger partial charge is 0.294 e. The molecule has 0 aromatic heterocycles. The van der Waals surface area contributed by atoms with Crippen LogP contribution in [0.2, 0.25) is 12.6 Å². The lowest BCUT2D eigenvalue weighted by Gasteiger charge is -1.99. The van der Waals surface area contributed by atoms with Gasteiger partial charge in [0.05, 0.1) is 0 Å². The Balaban J connectivity index is 0.000000371. The van der Waals surface area contributed by atoms with Crippen LogP contribution in [-0.2, 0) is 4.65 Å². The summed E-state index contributed by atoms with van der Waals surface area (Å²) in [4.78, 5) is 0. The van der Waals surface area contributed by atoms with Crippen molar-refractivity contribution in [1.82, 2.24) is 0 Å². The second-order valence-corrected chi connectivity index (χ2v) is 2.43. The van der Waals surface area contributed by atoms with Gasteiger partial charge in [-0.05, 0) is 25.1 Å². The normalized spacial score (nSPS) is 24.0. The molecule has 10 heavy (non-hydrogen) atoms. The van der Waals surface area contributed by atoms with Crippen LogP contribution in [-0.4, -0.2) is 20.1 Å². The van der Waals surface area contributed by atoms with Crippen LogP contribution in [0.25, 0.3) is 0 Å². The van der Waals surface area contributed by atoms with Gasteiger partial charge in [0.25, 0.3) is 6.92 Å². The molecule has 1 fully saturated rings. The van der Waals surface area contributed by atoms with Gasteiger partial charge < -0.3 is 10.4 Å². The number of nitrogens with two attached hydrogens (primary N) is 1. The van der Waals surface area contributed by atoms with Crippen molar-refractivity contribution in [3.8, 4) is 0 Å². The van der Waals surface area contributed by atoms with Crippen molar-refractivity contribution < 1.29 is 4.65 Å². The minimum Gasteiger partial charge on any atom is -0.438 e. The van der Waals surface area contributed by atoms with Gasteiger partial charge >= 0.3 is 0 Å². The van der Waals surface area contributed by atoms with E-state index in [1.165, 1.54) is 0 Å². The zero-order valence-electron chi connectivity index (χ0n) is 7.26. The standard InChI is InChI=1S/C5H12BNO.C2H6/c1-8-6-3-2-5(7)4-6;1-2/h5H,2-4,7H2,1H3;1-2H3. The summed E-state index contributed by atoms with van der Waals surface area (Å²) >= 11 is 0. The lowest BCUT2D eigenvalue weighted by Crippen LogP contribution is -2.18. The first-order valence-electron chi connectivity index (χ1n) is 4.11. The van der Waals surface area contributed by atoms with E-state index in [4.69, 9.17) is 10.4 Å². The predicted octanol–water partition coefficient (Wildman–Crippen LogP) is 1.38. The van der Waals surface area contributed by atoms with Crippen molar-refractivity contribution in [2.24, 2.45) is 5.73 Å². The van der Waals surface area contributed by atoms with Crippen molar-refractivity contribution in [2.75, 3.05) is 7.11 Å². The number of rotatable bonds is 1. The molecule has 1 heterocycles. The Bertz CT molecular complexity index is 80.0. The van der Waals surface area contributed by atoms with Crippen LogP contribution in [0.4, 0.5) is 0 Å². The average molecular weight is 143 g/mol. The van der Waals surface area contributed by atoms with Gasteiger partial charge in [0.15, 0.2) is 0 Å². The fourth-order valence-electron chi connectivity index (χ4n) is 1.19. The molecule has 0 saturated carbocycles. The number of hydrogen-bond acceptors (Lipinski definition) is 2. The Morgan fingerprint density at radius 3 is 2.30 bits per heavy atom. The monoisotopic (exact) mass is 143 g/mol. The molecule has 0 radical (unpaired) electrons. The molecule has 1 saturated heterocycles. The third-order valence-electron chi connectivity index (χ3n) is 1.76. The number of hydrogen-bond donors (Lipinski definition) is 1. The fourth-order valence-corrected chi connectivity index (χ4v) is 1.19. The van der Waals surface area contributed by atoms with E-state index >= 15 is 0 Å². The SMILES string of the molecule is CC.COB1CCC(N)C1. The molecule has 0 aromatic rings. The van der Waals surface area contributed by atoms with Crippen LogP contribution in [0, 0.1) is 0 Å². The molecule has 1 aliphatic rings. The zero-order chi connectivity index (χ0) is 7.98. The Morgan fingerprint density at radius 2 is 2.10 bits per heavy atom. The van der Waals surface area contributed by atoms with E-state index in [1.54, 1.807) is 7.11 Å². The van der Waals surface area contributed by atoms with E-state index in [1.807, 2.05) is 13.8 Å². The van der Waals surface area contributed by atoms with Gasteiger partial charge in [0.1, 0.15) is 0 Å². The van der Waals surface area contributed by atoms with E-state index in [-0.39, 0.29) is 0 Å². The highest BCUT2D eigenvalue weighted by Crippen LogP contribution is 2.17. The topological polar surface area (TPSA) is 35.2 Å². The van der Waals surface area contributed by atoms with Gasteiger partial charge in [0, 0.05) is 7.11 Å². The molecule has 0 amide bonds. The van der Waals surface area contributed by atoms with Gasteiger partial charge in [-0.25, -0.2) is 0 Å². The zero-order valence-corrected chi connectivity index (χ0v) is 7.26. The molecule has 0 aromatic carbocycles. The molecule has 0 bridgehead atoms. The summed E-state index contributed by atoms with van der Waals surface area (Å²) in [5.74, 6) is 0. The minimum absolute atomic E-state index is 0.403. The van der Waals surface area contributed by atoms with Crippen molar-refractivity contribution in [2.45, 2.75) is 39.0 Å². The van der Waals surface area contributed by atoms with E-state index in [0.29, 0.717) is 13.0 Å². The highest BCUT2D eigenvalue weighted by Gasteiger charge is 2.25. The van der Waals surface area contributed by atoms with Crippen LogP contribution >= 0.6 is 0 Å². The van der Waals surface area contributed by atoms with E-state index in [0.717, 1.165) is 19.1 Å². The minimum atomic E-state index is 0.403. The highest BCUT2D eigenvalue weighted by atomic mass is 16.4. The van der Waals surface area contributed by atoms with Gasteiger partial charge in [-0.15, -0.1) is 0 Å². The first kappa shape index (κ1) is 9.98. The van der Waals surface area contributed by atoms with E-state index in [9.17, 15) is 0 Å². The maximum absolute atomic E-state index is 5.62. The summed E-state index contributed by atoms with van der Waals surface area (Å²) < 4.78 is 5.10. The summed E-state index contributed by atoms with van der Waals surface area (Å²) in [7, 11) is 1.75. The third-order valence-corrected chi connectivity index (χ3v) is 1.76. The third kappa shape index (κ3) is 3.23. The van der Waals surface area contributed by atoms with Gasteiger partial charge in [-0.3, -0.25) is 0 Å². The predicted molar refractivity (Wildman–Crippen MR) is 46.3 cm³/mol. The maximum Gasteiger partial charge on any atom is 0.294 e. The van der Waals surface area contributed by atoms with Crippen LogP contribution in [0.3, 0.4) is 0 Å². The van der Waals surface area contributed by atoms with Gasteiger partial charge in [-0.1, -0.05) is 13.8 Å². The van der Waals surface area contributed by atoms with Crippen molar-refractivity contribution >= 4 is 6.92 Å². The van der Waals surface area contributed by atoms with Crippen molar-refractivity contribution in [3.63, 3.8) is 0 Å². The molecular weight excluding hydrogens is 125 g/mol. The highest BCUT2D eigenvalue weighted by molar-refractivity contribution is 6.52. The average Bonchev–Trinajstić information content (AvgIpc) is 2.40. The second kappa shape index (κ2) is 5.75. The molecule has 2 nitrogen and oxygen atoms in total. The molecule has 2 N–H and O–H groups in total. The Labute approximate surface area is 64.2 Å².